The summed E-state index contributed by atoms with van der Waals surface area (Å²) < 4.78 is 138. The van der Waals surface area contributed by atoms with Crippen molar-refractivity contribution >= 4 is 0 Å². The Balaban J connectivity index is 1.74. The molecule has 2 aromatic rings. The first-order valence-electron chi connectivity index (χ1n) is 11.4. The van der Waals surface area contributed by atoms with Gasteiger partial charge in [0.2, 0.25) is 0 Å². The molecule has 204 valence electrons. The van der Waals surface area contributed by atoms with Crippen LogP contribution in [0.1, 0.15) is 51.0 Å². The maximum absolute atomic E-state index is 14.6. The highest BCUT2D eigenvalue weighted by Gasteiger charge is 2.45. The van der Waals surface area contributed by atoms with Crippen LogP contribution in [0.25, 0.3) is 0 Å². The third kappa shape index (κ3) is 7.26. The van der Waals surface area contributed by atoms with Crippen LogP contribution in [0.2, 0.25) is 0 Å². The molecule has 0 N–H and O–H groups in total. The maximum Gasteiger partial charge on any atom is 0.432 e. The Morgan fingerprint density at radius 2 is 1.46 bits per heavy atom. The molecule has 1 aliphatic rings. The molecule has 0 radical (unpaired) electrons. The van der Waals surface area contributed by atoms with Gasteiger partial charge < -0.3 is 14.2 Å². The normalized spacial score (nSPS) is 18.3. The molecule has 0 atom stereocenters. The van der Waals surface area contributed by atoms with E-state index in [1.54, 1.807) is 0 Å². The van der Waals surface area contributed by atoms with E-state index in [9.17, 15) is 39.5 Å². The van der Waals surface area contributed by atoms with Gasteiger partial charge >= 0.3 is 18.3 Å². The molecular weight excluding hydrogens is 519 g/mol. The summed E-state index contributed by atoms with van der Waals surface area (Å²) in [6.45, 7) is 1.99. The highest BCUT2D eigenvalue weighted by molar-refractivity contribution is 5.36. The number of halogens is 9. The molecule has 3 nitrogen and oxygen atoms in total. The van der Waals surface area contributed by atoms with Crippen molar-refractivity contribution in [2.24, 2.45) is 11.8 Å². The van der Waals surface area contributed by atoms with Crippen LogP contribution in [0.15, 0.2) is 42.7 Å². The third-order valence-electron chi connectivity index (χ3n) is 6.00. The quantitative estimate of drug-likeness (QED) is 0.222. The van der Waals surface area contributed by atoms with Gasteiger partial charge in [-0.15, -0.1) is 0 Å². The Morgan fingerprint density at radius 3 is 2.00 bits per heavy atom. The van der Waals surface area contributed by atoms with Crippen LogP contribution in [-0.2, 0) is 6.11 Å². The number of rotatable bonds is 10. The summed E-state index contributed by atoms with van der Waals surface area (Å²) in [5, 5.41) is 0. The van der Waals surface area contributed by atoms with Crippen LogP contribution in [0.4, 0.5) is 39.5 Å². The van der Waals surface area contributed by atoms with E-state index in [-0.39, 0.29) is 31.2 Å². The van der Waals surface area contributed by atoms with Crippen molar-refractivity contribution in [1.29, 1.82) is 0 Å². The third-order valence-corrected chi connectivity index (χ3v) is 6.00. The minimum Gasteiger partial charge on any atom is -0.456 e. The van der Waals surface area contributed by atoms with Gasteiger partial charge in [-0.1, -0.05) is 19.8 Å². The summed E-state index contributed by atoms with van der Waals surface area (Å²) >= 11 is 0. The van der Waals surface area contributed by atoms with Crippen molar-refractivity contribution in [2.75, 3.05) is 0 Å². The van der Waals surface area contributed by atoms with Crippen molar-refractivity contribution < 1.29 is 53.7 Å². The van der Waals surface area contributed by atoms with E-state index in [2.05, 4.69) is 14.2 Å². The van der Waals surface area contributed by atoms with Crippen molar-refractivity contribution in [3.05, 3.63) is 65.7 Å². The van der Waals surface area contributed by atoms with Gasteiger partial charge in [-0.3, -0.25) is 0 Å². The second-order valence-corrected chi connectivity index (χ2v) is 8.67. The van der Waals surface area contributed by atoms with E-state index >= 15 is 0 Å². The topological polar surface area (TPSA) is 27.7 Å². The number of ether oxygens (including phenoxy) is 3. The molecule has 0 heterocycles. The van der Waals surface area contributed by atoms with Crippen LogP contribution >= 0.6 is 0 Å². The average Bonchev–Trinajstić information content (AvgIpc) is 2.77. The van der Waals surface area contributed by atoms with Gasteiger partial charge in [0.15, 0.2) is 17.8 Å². The summed E-state index contributed by atoms with van der Waals surface area (Å²) in [4.78, 5) is 0. The summed E-state index contributed by atoms with van der Waals surface area (Å²) in [5.41, 5.74) is -1.92. The van der Waals surface area contributed by atoms with Crippen LogP contribution in [-0.4, -0.2) is 6.11 Å². The fourth-order valence-electron chi connectivity index (χ4n) is 4.27. The maximum atomic E-state index is 14.6. The molecule has 1 saturated carbocycles. The van der Waals surface area contributed by atoms with Gasteiger partial charge in [0.05, 0.1) is 5.92 Å². The van der Waals surface area contributed by atoms with Crippen molar-refractivity contribution in [3.63, 3.8) is 0 Å². The number of hydrogen-bond acceptors (Lipinski definition) is 3. The average molecular weight is 542 g/mol. The van der Waals surface area contributed by atoms with E-state index in [1.807, 2.05) is 6.92 Å². The molecule has 0 aromatic heterocycles. The lowest BCUT2D eigenvalue weighted by atomic mass is 9.79. The molecule has 0 spiro atoms. The van der Waals surface area contributed by atoms with Crippen LogP contribution < -0.4 is 14.2 Å². The van der Waals surface area contributed by atoms with Gasteiger partial charge in [0, 0.05) is 18.2 Å². The van der Waals surface area contributed by atoms with Gasteiger partial charge in [0.1, 0.15) is 28.7 Å². The lowest BCUT2D eigenvalue weighted by Crippen LogP contribution is -2.37. The Morgan fingerprint density at radius 1 is 0.865 bits per heavy atom. The predicted octanol–water partition coefficient (Wildman–Crippen LogP) is 8.93. The number of hydrogen-bond donors (Lipinski definition) is 0. The van der Waals surface area contributed by atoms with Gasteiger partial charge in [-0.05, 0) is 43.7 Å². The first-order valence-corrected chi connectivity index (χ1v) is 11.4. The summed E-state index contributed by atoms with van der Waals surface area (Å²) in [7, 11) is 0. The van der Waals surface area contributed by atoms with E-state index in [4.69, 9.17) is 0 Å². The lowest BCUT2D eigenvalue weighted by Gasteiger charge is -2.33. The molecule has 1 fully saturated rings. The summed E-state index contributed by atoms with van der Waals surface area (Å²) in [6, 6.07) is 2.03. The van der Waals surface area contributed by atoms with E-state index in [0.717, 1.165) is 12.8 Å². The molecule has 3 rings (SSSR count). The Bertz CT molecular complexity index is 1090. The fourth-order valence-corrected chi connectivity index (χ4v) is 4.27. The van der Waals surface area contributed by atoms with Gasteiger partial charge in [-0.2, -0.15) is 26.3 Å². The van der Waals surface area contributed by atoms with Crippen LogP contribution in [0.5, 0.6) is 17.2 Å². The Kier molecular flexibility index (Phi) is 8.91. The summed E-state index contributed by atoms with van der Waals surface area (Å²) in [5.74, 6) is -8.82. The fraction of sp³-hybridized carbons (Fsp3) is 0.440. The monoisotopic (exact) mass is 542 g/mol. The zero-order valence-corrected chi connectivity index (χ0v) is 19.5. The highest BCUT2D eigenvalue weighted by atomic mass is 19.3. The van der Waals surface area contributed by atoms with Crippen LogP contribution in [0, 0.1) is 29.3 Å². The Hall–Kier alpha value is -3.05. The molecule has 0 saturated heterocycles. The van der Waals surface area contributed by atoms with E-state index < -0.39 is 64.5 Å². The minimum absolute atomic E-state index is 0.0943. The zero-order chi connectivity index (χ0) is 27.4. The van der Waals surface area contributed by atoms with E-state index in [1.165, 1.54) is 0 Å². The second kappa shape index (κ2) is 11.6. The molecule has 0 unspecified atom stereocenters. The number of alkyl halides is 4. The van der Waals surface area contributed by atoms with Crippen molar-refractivity contribution in [1.82, 2.24) is 0 Å². The highest BCUT2D eigenvalue weighted by Crippen LogP contribution is 2.43. The standard InChI is InChI=1S/C25H23F9O3/c1-2-3-14-4-6-15(7-5-14)24(31,32)37-17-11-19(27)23(20(28)12-17)25(33,34)36-16-8-9-21(18(26)10-16)35-13-22(29)30/h8-15H,2-7H2,1H3. The van der Waals surface area contributed by atoms with E-state index in [0.29, 0.717) is 37.0 Å². The minimum atomic E-state index is -4.72. The molecule has 0 amide bonds. The molecule has 37 heavy (non-hydrogen) atoms. The molecule has 12 heteroatoms. The lowest BCUT2D eigenvalue weighted by molar-refractivity contribution is -0.223. The molecule has 0 aliphatic heterocycles. The molecule has 1 aliphatic carbocycles. The molecule has 0 bridgehead atoms. The molecule has 2 aromatic carbocycles. The smallest absolute Gasteiger partial charge is 0.432 e. The number of benzene rings is 2. The van der Waals surface area contributed by atoms with Gasteiger partial charge in [0.25, 0.3) is 0 Å². The van der Waals surface area contributed by atoms with Crippen molar-refractivity contribution in [3.8, 4) is 17.2 Å². The Labute approximate surface area is 206 Å². The van der Waals surface area contributed by atoms with Crippen LogP contribution in [0.3, 0.4) is 0 Å². The second-order valence-electron chi connectivity index (χ2n) is 8.67. The summed E-state index contributed by atoms with van der Waals surface area (Å²) in [6.07, 6.45) is -7.64. The largest absolute Gasteiger partial charge is 0.456 e. The SMILES string of the molecule is CCCC1CCC(C(F)(F)Oc2cc(F)c(C(F)(F)Oc3ccc(OC=C(F)F)c(F)c3)c(F)c2)CC1. The first kappa shape index (κ1) is 28.5. The first-order chi connectivity index (χ1) is 17.3. The van der Waals surface area contributed by atoms with Crippen molar-refractivity contribution in [2.45, 2.75) is 57.7 Å². The van der Waals surface area contributed by atoms with Gasteiger partial charge in [-0.25, -0.2) is 13.2 Å². The molecular formula is C25H23F9O3. The zero-order valence-electron chi connectivity index (χ0n) is 19.5. The predicted molar refractivity (Wildman–Crippen MR) is 114 cm³/mol.